The van der Waals surface area contributed by atoms with E-state index in [1.807, 2.05) is 0 Å². The van der Waals surface area contributed by atoms with Crippen LogP contribution in [0.15, 0.2) is 48.5 Å². The Hall–Kier alpha value is -4.12. The summed E-state index contributed by atoms with van der Waals surface area (Å²) in [6.07, 6.45) is -2.66. The van der Waals surface area contributed by atoms with Crippen molar-refractivity contribution < 1.29 is 38.9 Å². The summed E-state index contributed by atoms with van der Waals surface area (Å²) in [7, 11) is 1.49. The molecule has 0 spiro atoms. The Morgan fingerprint density at radius 2 is 1.78 bits per heavy atom. The average Bonchev–Trinajstić information content (AvgIpc) is 2.85. The number of esters is 1. The van der Waals surface area contributed by atoms with Crippen molar-refractivity contribution in [1.29, 1.82) is 0 Å². The first-order valence-electron chi connectivity index (χ1n) is 11.3. The molecule has 4 atom stereocenters. The zero-order chi connectivity index (χ0) is 26.2. The highest BCUT2D eigenvalue weighted by Gasteiger charge is 2.33. The minimum absolute atomic E-state index is 0.0657. The second-order valence-corrected chi connectivity index (χ2v) is 8.41. The van der Waals surface area contributed by atoms with Crippen LogP contribution in [-0.4, -0.2) is 71.9 Å². The van der Waals surface area contributed by atoms with E-state index in [4.69, 9.17) is 9.47 Å². The zero-order valence-electron chi connectivity index (χ0n) is 19.9. The molecular weight excluding hydrogens is 470 g/mol. The predicted octanol–water partition coefficient (Wildman–Crippen LogP) is 0.0392. The molecule has 0 bridgehead atoms. The monoisotopic (exact) mass is 499 g/mol. The van der Waals surface area contributed by atoms with E-state index in [2.05, 4.69) is 16.0 Å². The normalized spacial score (nSPS) is 23.2. The van der Waals surface area contributed by atoms with E-state index in [0.717, 1.165) is 0 Å². The lowest BCUT2D eigenvalue weighted by molar-refractivity contribution is -0.154. The Labute approximate surface area is 207 Å². The van der Waals surface area contributed by atoms with Crippen molar-refractivity contribution in [1.82, 2.24) is 16.0 Å². The fourth-order valence-corrected chi connectivity index (χ4v) is 3.70. The SMILES string of the molecule is COc1ccc(C(=O)NC2C(=O)NCC(=O)N[C@H](Cc3ccc(O)cc3)[C@@H](O)CC(=O)O[C@@H]2C)cc1. The van der Waals surface area contributed by atoms with Crippen molar-refractivity contribution >= 4 is 23.7 Å². The number of phenolic OH excluding ortho intramolecular Hbond substituents is 1. The summed E-state index contributed by atoms with van der Waals surface area (Å²) >= 11 is 0. The number of phenols is 1. The maximum Gasteiger partial charge on any atom is 0.308 e. The fraction of sp³-hybridized carbons (Fsp3) is 0.360. The van der Waals surface area contributed by atoms with Crippen molar-refractivity contribution in [2.24, 2.45) is 0 Å². The van der Waals surface area contributed by atoms with Gasteiger partial charge in [0.2, 0.25) is 11.8 Å². The topological polar surface area (TPSA) is 163 Å². The van der Waals surface area contributed by atoms with Gasteiger partial charge in [0.1, 0.15) is 23.6 Å². The third-order valence-electron chi connectivity index (χ3n) is 5.71. The molecule has 1 heterocycles. The van der Waals surface area contributed by atoms with Gasteiger partial charge in [-0.3, -0.25) is 19.2 Å². The highest BCUT2D eigenvalue weighted by molar-refractivity contribution is 5.98. The zero-order valence-corrected chi connectivity index (χ0v) is 19.9. The van der Waals surface area contributed by atoms with Crippen LogP contribution in [0.25, 0.3) is 0 Å². The Balaban J connectivity index is 1.73. The lowest BCUT2D eigenvalue weighted by Crippen LogP contribution is -2.56. The number of methoxy groups -OCH3 is 1. The molecule has 36 heavy (non-hydrogen) atoms. The van der Waals surface area contributed by atoms with E-state index in [9.17, 15) is 29.4 Å². The molecule has 5 N–H and O–H groups in total. The Kier molecular flexibility index (Phi) is 8.85. The maximum atomic E-state index is 12.8. The van der Waals surface area contributed by atoms with Crippen molar-refractivity contribution in [2.75, 3.05) is 13.7 Å². The molecule has 11 nitrogen and oxygen atoms in total. The summed E-state index contributed by atoms with van der Waals surface area (Å²) in [6.45, 7) is 1.01. The lowest BCUT2D eigenvalue weighted by atomic mass is 9.98. The third-order valence-corrected chi connectivity index (χ3v) is 5.71. The molecule has 2 aromatic rings. The number of carbonyl (C=O) groups excluding carboxylic acids is 4. The van der Waals surface area contributed by atoms with Crippen LogP contribution in [0.1, 0.15) is 29.3 Å². The predicted molar refractivity (Wildman–Crippen MR) is 127 cm³/mol. The first-order valence-corrected chi connectivity index (χ1v) is 11.3. The molecule has 0 aliphatic carbocycles. The number of benzene rings is 2. The molecule has 1 saturated heterocycles. The summed E-state index contributed by atoms with van der Waals surface area (Å²) in [5, 5.41) is 27.7. The number of carbonyl (C=O) groups is 4. The number of hydrogen-bond donors (Lipinski definition) is 5. The number of cyclic esters (lactones) is 1. The van der Waals surface area contributed by atoms with E-state index in [0.29, 0.717) is 11.3 Å². The molecule has 1 aliphatic heterocycles. The van der Waals surface area contributed by atoms with Gasteiger partial charge in [0.25, 0.3) is 5.91 Å². The summed E-state index contributed by atoms with van der Waals surface area (Å²) in [5.41, 5.74) is 0.954. The van der Waals surface area contributed by atoms with Gasteiger partial charge in [0.05, 0.1) is 32.2 Å². The number of ether oxygens (including phenoxy) is 2. The summed E-state index contributed by atoms with van der Waals surface area (Å²) < 4.78 is 10.4. The molecule has 0 saturated carbocycles. The maximum absolute atomic E-state index is 12.8. The van der Waals surface area contributed by atoms with Crippen LogP contribution in [0.3, 0.4) is 0 Å². The van der Waals surface area contributed by atoms with Crippen LogP contribution in [0.4, 0.5) is 0 Å². The Morgan fingerprint density at radius 1 is 1.11 bits per heavy atom. The molecule has 1 aliphatic rings. The highest BCUT2D eigenvalue weighted by Crippen LogP contribution is 2.16. The minimum atomic E-state index is -1.29. The Morgan fingerprint density at radius 3 is 2.42 bits per heavy atom. The molecule has 11 heteroatoms. The van der Waals surface area contributed by atoms with E-state index in [1.54, 1.807) is 24.3 Å². The smallest absolute Gasteiger partial charge is 0.308 e. The number of hydrogen-bond acceptors (Lipinski definition) is 8. The molecule has 3 amide bonds. The molecular formula is C25H29N3O8. The van der Waals surface area contributed by atoms with Gasteiger partial charge >= 0.3 is 5.97 Å². The first kappa shape index (κ1) is 26.5. The van der Waals surface area contributed by atoms with Crippen molar-refractivity contribution in [2.45, 2.75) is 44.1 Å². The number of aliphatic hydroxyl groups excluding tert-OH is 1. The van der Waals surface area contributed by atoms with Crippen LogP contribution in [0.5, 0.6) is 11.5 Å². The highest BCUT2D eigenvalue weighted by atomic mass is 16.5. The number of aromatic hydroxyl groups is 1. The van der Waals surface area contributed by atoms with E-state index in [-0.39, 0.29) is 17.7 Å². The van der Waals surface area contributed by atoms with Crippen molar-refractivity contribution in [3.05, 3.63) is 59.7 Å². The average molecular weight is 500 g/mol. The second kappa shape index (κ2) is 12.0. The van der Waals surface area contributed by atoms with Gasteiger partial charge in [-0.05, 0) is 55.3 Å². The lowest BCUT2D eigenvalue weighted by Gasteiger charge is -2.28. The minimum Gasteiger partial charge on any atom is -0.508 e. The van der Waals surface area contributed by atoms with Crippen LogP contribution >= 0.6 is 0 Å². The molecule has 0 aromatic heterocycles. The van der Waals surface area contributed by atoms with Crippen molar-refractivity contribution in [3.63, 3.8) is 0 Å². The van der Waals surface area contributed by atoms with Crippen LogP contribution in [0, 0.1) is 0 Å². The summed E-state index contributed by atoms with van der Waals surface area (Å²) in [5.74, 6) is -2.10. The van der Waals surface area contributed by atoms with Gasteiger partial charge in [-0.1, -0.05) is 12.1 Å². The summed E-state index contributed by atoms with van der Waals surface area (Å²) in [4.78, 5) is 50.6. The third kappa shape index (κ3) is 7.19. The van der Waals surface area contributed by atoms with E-state index >= 15 is 0 Å². The van der Waals surface area contributed by atoms with Gasteiger partial charge in [-0.15, -0.1) is 0 Å². The first-order chi connectivity index (χ1) is 17.2. The molecule has 192 valence electrons. The fourth-order valence-electron chi connectivity index (χ4n) is 3.70. The largest absolute Gasteiger partial charge is 0.508 e. The second-order valence-electron chi connectivity index (χ2n) is 8.41. The van der Waals surface area contributed by atoms with Gasteiger partial charge in [-0.25, -0.2) is 0 Å². The van der Waals surface area contributed by atoms with Crippen molar-refractivity contribution in [3.8, 4) is 11.5 Å². The standard InChI is InChI=1S/C25H29N3O8/c1-14-23(28-24(33)16-5-9-18(35-2)10-6-16)25(34)26-13-21(31)27-19(20(30)12-22(32)36-14)11-15-3-7-17(29)8-4-15/h3-10,14,19-20,23,29-30H,11-13H2,1-2H3,(H,26,34)(H,27,31)(H,28,33)/t14-,19-,20+,23?/m1/s1. The van der Waals surface area contributed by atoms with E-state index in [1.165, 1.54) is 38.3 Å². The number of nitrogens with one attached hydrogen (secondary N) is 3. The molecule has 2 aromatic carbocycles. The van der Waals surface area contributed by atoms with Gasteiger partial charge < -0.3 is 35.6 Å². The van der Waals surface area contributed by atoms with Gasteiger partial charge in [0.15, 0.2) is 0 Å². The summed E-state index contributed by atoms with van der Waals surface area (Å²) in [6, 6.07) is 10.2. The molecule has 0 radical (unpaired) electrons. The van der Waals surface area contributed by atoms with Gasteiger partial charge in [-0.2, -0.15) is 0 Å². The Bertz CT molecular complexity index is 1090. The number of aliphatic hydroxyl groups is 1. The van der Waals surface area contributed by atoms with E-state index < -0.39 is 60.9 Å². The molecule has 1 unspecified atom stereocenters. The van der Waals surface area contributed by atoms with Gasteiger partial charge in [0, 0.05) is 5.56 Å². The molecule has 3 rings (SSSR count). The van der Waals surface area contributed by atoms with Crippen LogP contribution < -0.4 is 20.7 Å². The molecule has 1 fully saturated rings. The van der Waals surface area contributed by atoms with Crippen LogP contribution in [-0.2, 0) is 25.5 Å². The quantitative estimate of drug-likeness (QED) is 0.360. The number of amides is 3. The van der Waals surface area contributed by atoms with Crippen LogP contribution in [0.2, 0.25) is 0 Å². The number of rotatable bonds is 5.